The number of ether oxygens (including phenoxy) is 3. The van der Waals surface area contributed by atoms with Gasteiger partial charge in [-0.1, -0.05) is 43.4 Å². The molecule has 0 fully saturated rings. The second kappa shape index (κ2) is 14.0. The van der Waals surface area contributed by atoms with Crippen LogP contribution in [0.3, 0.4) is 0 Å². The van der Waals surface area contributed by atoms with Crippen molar-refractivity contribution in [3.05, 3.63) is 60.3 Å². The Labute approximate surface area is 189 Å². The summed E-state index contributed by atoms with van der Waals surface area (Å²) >= 11 is 0. The predicted octanol–water partition coefficient (Wildman–Crippen LogP) is 4.10. The molecular weight excluding hydrogens is 412 g/mol. The first-order chi connectivity index (χ1) is 15.2. The van der Waals surface area contributed by atoms with Crippen molar-refractivity contribution in [3.8, 4) is 0 Å². The van der Waals surface area contributed by atoms with Crippen LogP contribution in [-0.2, 0) is 33.4 Å². The third-order valence-electron chi connectivity index (χ3n) is 4.58. The van der Waals surface area contributed by atoms with E-state index in [0.717, 1.165) is 12.8 Å². The van der Waals surface area contributed by atoms with Crippen LogP contribution in [0, 0.1) is 0 Å². The molecule has 0 saturated heterocycles. The van der Waals surface area contributed by atoms with Crippen LogP contribution in [0.4, 0.5) is 0 Å². The second-order valence-electron chi connectivity index (χ2n) is 7.20. The molecule has 0 aromatic rings. The van der Waals surface area contributed by atoms with Gasteiger partial charge < -0.3 is 14.2 Å². The van der Waals surface area contributed by atoms with E-state index in [1.807, 2.05) is 18.2 Å². The quantitative estimate of drug-likeness (QED) is 0.193. The van der Waals surface area contributed by atoms with Crippen LogP contribution < -0.4 is 0 Å². The highest BCUT2D eigenvalue weighted by Crippen LogP contribution is 2.34. The molecule has 0 aromatic carbocycles. The summed E-state index contributed by atoms with van der Waals surface area (Å²) in [5, 5.41) is 0. The molecule has 2 unspecified atom stereocenters. The van der Waals surface area contributed by atoms with Gasteiger partial charge in [0.15, 0.2) is 11.4 Å². The molecule has 1 aliphatic carbocycles. The molecule has 7 nitrogen and oxygen atoms in total. The molecule has 7 heteroatoms. The van der Waals surface area contributed by atoms with E-state index in [1.54, 1.807) is 24.3 Å². The summed E-state index contributed by atoms with van der Waals surface area (Å²) in [4.78, 5) is 47.0. The lowest BCUT2D eigenvalue weighted by atomic mass is 9.91. The van der Waals surface area contributed by atoms with E-state index in [2.05, 4.69) is 17.7 Å². The first-order valence-corrected chi connectivity index (χ1v) is 10.6. The third kappa shape index (κ3) is 9.29. The highest BCUT2D eigenvalue weighted by molar-refractivity contribution is 6.09. The summed E-state index contributed by atoms with van der Waals surface area (Å²) in [6.45, 7) is 4.62. The van der Waals surface area contributed by atoms with E-state index in [9.17, 15) is 19.2 Å². The summed E-state index contributed by atoms with van der Waals surface area (Å²) in [7, 11) is 1.28. The summed E-state index contributed by atoms with van der Waals surface area (Å²) in [6.07, 6.45) is 17.2. The number of allylic oxidation sites excluding steroid dienone is 6. The Morgan fingerprint density at radius 2 is 1.81 bits per heavy atom. The topological polar surface area (TPSA) is 96.0 Å². The maximum absolute atomic E-state index is 12.5. The molecule has 0 bridgehead atoms. The normalized spacial score (nSPS) is 20.5. The average molecular weight is 445 g/mol. The van der Waals surface area contributed by atoms with Crippen molar-refractivity contribution in [1.82, 2.24) is 0 Å². The Morgan fingerprint density at radius 1 is 1.09 bits per heavy atom. The Morgan fingerprint density at radius 3 is 2.44 bits per heavy atom. The number of carbonyl (C=O) groups excluding carboxylic acids is 4. The number of ketones is 1. The standard InChI is InChI=1S/C25H32O7/c1-5-6-7-8-9-10-17-25(32-20(3)27)18-16-23(28)22(25)13-11-12-21(31-19(2)26)14-15-24(29)30-4/h6-7,9-13,16,18,21H,5,8,14-15,17H2,1-4H3. The molecule has 0 N–H and O–H groups in total. The van der Waals surface area contributed by atoms with Gasteiger partial charge >= 0.3 is 17.9 Å². The Kier molecular flexibility index (Phi) is 11.7. The monoisotopic (exact) mass is 444 g/mol. The van der Waals surface area contributed by atoms with E-state index in [-0.39, 0.29) is 18.6 Å². The molecule has 0 aliphatic heterocycles. The van der Waals surface area contributed by atoms with Crippen molar-refractivity contribution in [3.63, 3.8) is 0 Å². The number of hydrogen-bond acceptors (Lipinski definition) is 7. The lowest BCUT2D eigenvalue weighted by Crippen LogP contribution is -2.33. The van der Waals surface area contributed by atoms with Crippen molar-refractivity contribution in [2.24, 2.45) is 0 Å². The summed E-state index contributed by atoms with van der Waals surface area (Å²) in [5.41, 5.74) is -0.895. The van der Waals surface area contributed by atoms with Crippen LogP contribution >= 0.6 is 0 Å². The van der Waals surface area contributed by atoms with Gasteiger partial charge in [0.25, 0.3) is 0 Å². The lowest BCUT2D eigenvalue weighted by molar-refractivity contribution is -0.149. The molecule has 1 aliphatic rings. The van der Waals surface area contributed by atoms with Gasteiger partial charge in [-0.05, 0) is 37.5 Å². The van der Waals surface area contributed by atoms with E-state index >= 15 is 0 Å². The summed E-state index contributed by atoms with van der Waals surface area (Å²) in [6, 6.07) is 0. The van der Waals surface area contributed by atoms with Gasteiger partial charge in [-0.15, -0.1) is 0 Å². The van der Waals surface area contributed by atoms with Crippen LogP contribution in [0.2, 0.25) is 0 Å². The number of esters is 3. The van der Waals surface area contributed by atoms with E-state index in [0.29, 0.717) is 12.0 Å². The molecule has 1 rings (SSSR count). The molecule has 0 spiro atoms. The van der Waals surface area contributed by atoms with Gasteiger partial charge in [0, 0.05) is 32.3 Å². The highest BCUT2D eigenvalue weighted by atomic mass is 16.6. The zero-order valence-electron chi connectivity index (χ0n) is 19.2. The molecule has 0 heterocycles. The van der Waals surface area contributed by atoms with Gasteiger partial charge in [-0.3, -0.25) is 19.2 Å². The molecule has 2 atom stereocenters. The Hall–Kier alpha value is -3.22. The van der Waals surface area contributed by atoms with E-state index < -0.39 is 29.6 Å². The van der Waals surface area contributed by atoms with E-state index in [1.165, 1.54) is 27.0 Å². The lowest BCUT2D eigenvalue weighted by Gasteiger charge is -2.27. The highest BCUT2D eigenvalue weighted by Gasteiger charge is 2.41. The minimum absolute atomic E-state index is 0.0739. The third-order valence-corrected chi connectivity index (χ3v) is 4.58. The minimum atomic E-state index is -1.19. The fourth-order valence-electron chi connectivity index (χ4n) is 3.13. The van der Waals surface area contributed by atoms with Crippen LogP contribution in [0.5, 0.6) is 0 Å². The fourth-order valence-corrected chi connectivity index (χ4v) is 3.13. The van der Waals surface area contributed by atoms with Crippen molar-refractivity contribution in [1.29, 1.82) is 0 Å². The number of methoxy groups -OCH3 is 1. The fraction of sp³-hybridized carbons (Fsp3) is 0.440. The maximum Gasteiger partial charge on any atom is 0.305 e. The molecule has 0 aromatic heterocycles. The molecule has 174 valence electrons. The zero-order valence-corrected chi connectivity index (χ0v) is 19.2. The van der Waals surface area contributed by atoms with Crippen LogP contribution in [-0.4, -0.2) is 42.5 Å². The Balaban J connectivity index is 3.06. The van der Waals surface area contributed by atoms with Crippen molar-refractivity contribution in [2.45, 2.75) is 64.6 Å². The molecule has 0 radical (unpaired) electrons. The zero-order chi connectivity index (χ0) is 24.0. The first-order valence-electron chi connectivity index (χ1n) is 10.6. The molecule has 32 heavy (non-hydrogen) atoms. The molecular formula is C25H32O7. The number of rotatable bonds is 12. The minimum Gasteiger partial charge on any atom is -0.469 e. The first kappa shape index (κ1) is 26.8. The van der Waals surface area contributed by atoms with Gasteiger partial charge in [0.2, 0.25) is 0 Å². The second-order valence-corrected chi connectivity index (χ2v) is 7.20. The van der Waals surface area contributed by atoms with Crippen LogP contribution in [0.25, 0.3) is 0 Å². The van der Waals surface area contributed by atoms with Gasteiger partial charge in [-0.2, -0.15) is 0 Å². The SMILES string of the molecule is CCC=CCC=CCC1(OC(C)=O)C=CC(=O)C1=CC=CC(CCC(=O)OC)OC(C)=O. The van der Waals surface area contributed by atoms with E-state index in [4.69, 9.17) is 9.47 Å². The van der Waals surface area contributed by atoms with Gasteiger partial charge in [0.1, 0.15) is 6.10 Å². The smallest absolute Gasteiger partial charge is 0.305 e. The van der Waals surface area contributed by atoms with Crippen LogP contribution in [0.15, 0.2) is 60.3 Å². The van der Waals surface area contributed by atoms with Crippen molar-refractivity contribution in [2.75, 3.05) is 7.11 Å². The molecule has 0 amide bonds. The largest absolute Gasteiger partial charge is 0.469 e. The summed E-state index contributed by atoms with van der Waals surface area (Å²) < 4.78 is 15.4. The van der Waals surface area contributed by atoms with Crippen molar-refractivity contribution < 1.29 is 33.4 Å². The van der Waals surface area contributed by atoms with Crippen molar-refractivity contribution >= 4 is 23.7 Å². The maximum atomic E-state index is 12.5. The van der Waals surface area contributed by atoms with Gasteiger partial charge in [0.05, 0.1) is 7.11 Å². The van der Waals surface area contributed by atoms with Crippen LogP contribution in [0.1, 0.15) is 52.9 Å². The predicted molar refractivity (Wildman–Crippen MR) is 120 cm³/mol. The van der Waals surface area contributed by atoms with Gasteiger partial charge in [-0.25, -0.2) is 0 Å². The average Bonchev–Trinajstić information content (AvgIpc) is 3.03. The Bertz CT molecular complexity index is 829. The number of carbonyl (C=O) groups is 4. The summed E-state index contributed by atoms with van der Waals surface area (Å²) in [5.74, 6) is -1.69. The molecule has 0 saturated carbocycles. The number of hydrogen-bond donors (Lipinski definition) is 0.